The second-order valence-electron chi connectivity index (χ2n) is 4.36. The Bertz CT molecular complexity index is 629. The maximum Gasteiger partial charge on any atom is 0.139 e. The van der Waals surface area contributed by atoms with Crippen LogP contribution in [0.15, 0.2) is 18.5 Å². The summed E-state index contributed by atoms with van der Waals surface area (Å²) in [5.74, 6) is 1.54. The van der Waals surface area contributed by atoms with Gasteiger partial charge < -0.3 is 10.6 Å². The molecular weight excluding hydrogens is 295 g/mol. The van der Waals surface area contributed by atoms with Gasteiger partial charge in [0.25, 0.3) is 0 Å². The van der Waals surface area contributed by atoms with Crippen LogP contribution < -0.4 is 10.6 Å². The van der Waals surface area contributed by atoms with Gasteiger partial charge >= 0.3 is 0 Å². The number of benzene rings is 1. The van der Waals surface area contributed by atoms with Gasteiger partial charge in [-0.2, -0.15) is 0 Å². The molecule has 0 amide bonds. The van der Waals surface area contributed by atoms with Gasteiger partial charge in [-0.3, -0.25) is 0 Å². The average Bonchev–Trinajstić information content (AvgIpc) is 2.44. The first kappa shape index (κ1) is 14.9. The smallest absolute Gasteiger partial charge is 0.139 e. The van der Waals surface area contributed by atoms with E-state index < -0.39 is 0 Å². The van der Waals surface area contributed by atoms with E-state index in [1.54, 1.807) is 6.07 Å². The highest BCUT2D eigenvalue weighted by Crippen LogP contribution is 2.32. The third-order valence-corrected chi connectivity index (χ3v) is 3.76. The Hall–Kier alpha value is -1.52. The predicted octanol–water partition coefficient (Wildman–Crippen LogP) is 4.44. The van der Waals surface area contributed by atoms with Crippen LogP contribution in [0.1, 0.15) is 18.1 Å². The molecule has 0 saturated carbocycles. The molecule has 20 heavy (non-hydrogen) atoms. The monoisotopic (exact) mass is 310 g/mol. The number of aryl methyl sites for hydroxylation is 1. The molecule has 4 nitrogen and oxygen atoms in total. The van der Waals surface area contributed by atoms with Crippen molar-refractivity contribution >= 4 is 40.5 Å². The molecular formula is C14H16Cl2N4. The Balaban J connectivity index is 2.42. The van der Waals surface area contributed by atoms with Crippen molar-refractivity contribution in [1.29, 1.82) is 0 Å². The molecule has 0 aliphatic heterocycles. The van der Waals surface area contributed by atoms with E-state index in [1.165, 1.54) is 6.33 Å². The highest BCUT2D eigenvalue weighted by atomic mass is 35.5. The SMILES string of the molecule is CCc1c(NC)ncnc1Nc1cc(Cl)c(C)cc1Cl. The Kier molecular flexibility index (Phi) is 4.68. The summed E-state index contributed by atoms with van der Waals surface area (Å²) in [7, 11) is 1.83. The first-order chi connectivity index (χ1) is 9.56. The summed E-state index contributed by atoms with van der Waals surface area (Å²) in [5, 5.41) is 7.56. The molecule has 0 aliphatic carbocycles. The number of hydrogen-bond donors (Lipinski definition) is 2. The number of hydrogen-bond acceptors (Lipinski definition) is 4. The first-order valence-electron chi connectivity index (χ1n) is 6.31. The van der Waals surface area contributed by atoms with E-state index in [1.807, 2.05) is 20.0 Å². The molecule has 0 unspecified atom stereocenters. The summed E-state index contributed by atoms with van der Waals surface area (Å²) in [6.07, 6.45) is 2.31. The lowest BCUT2D eigenvalue weighted by molar-refractivity contribution is 1.05. The second-order valence-corrected chi connectivity index (χ2v) is 5.17. The molecule has 1 heterocycles. The molecule has 1 aromatic heterocycles. The predicted molar refractivity (Wildman–Crippen MR) is 85.4 cm³/mol. The summed E-state index contributed by atoms with van der Waals surface area (Å²) in [6, 6.07) is 3.64. The molecule has 0 saturated heterocycles. The Morgan fingerprint density at radius 1 is 1.10 bits per heavy atom. The van der Waals surface area contributed by atoms with Crippen molar-refractivity contribution in [2.45, 2.75) is 20.3 Å². The van der Waals surface area contributed by atoms with E-state index in [0.29, 0.717) is 10.0 Å². The van der Waals surface area contributed by atoms with E-state index in [0.717, 1.165) is 34.9 Å². The lowest BCUT2D eigenvalue weighted by Gasteiger charge is -2.14. The molecule has 0 bridgehead atoms. The molecule has 0 fully saturated rings. The van der Waals surface area contributed by atoms with Gasteiger partial charge in [0.05, 0.1) is 10.7 Å². The van der Waals surface area contributed by atoms with Crippen LogP contribution in [0.25, 0.3) is 0 Å². The van der Waals surface area contributed by atoms with Crippen LogP contribution in [0.5, 0.6) is 0 Å². The van der Waals surface area contributed by atoms with E-state index in [2.05, 4.69) is 27.5 Å². The number of rotatable bonds is 4. The molecule has 2 aromatic rings. The topological polar surface area (TPSA) is 49.8 Å². The van der Waals surface area contributed by atoms with Gasteiger partial charge in [-0.25, -0.2) is 9.97 Å². The minimum absolute atomic E-state index is 0.610. The van der Waals surface area contributed by atoms with E-state index in [4.69, 9.17) is 23.2 Å². The molecule has 1 aromatic carbocycles. The third-order valence-electron chi connectivity index (χ3n) is 3.04. The van der Waals surface area contributed by atoms with Crippen LogP contribution in [-0.2, 0) is 6.42 Å². The summed E-state index contributed by atoms with van der Waals surface area (Å²) >= 11 is 12.4. The second kappa shape index (κ2) is 6.29. The van der Waals surface area contributed by atoms with Gasteiger partial charge in [-0.15, -0.1) is 0 Å². The average molecular weight is 311 g/mol. The largest absolute Gasteiger partial charge is 0.373 e. The van der Waals surface area contributed by atoms with Gasteiger partial charge in [0, 0.05) is 17.6 Å². The van der Waals surface area contributed by atoms with Crippen molar-refractivity contribution in [3.8, 4) is 0 Å². The molecule has 2 N–H and O–H groups in total. The summed E-state index contributed by atoms with van der Waals surface area (Å²) < 4.78 is 0. The summed E-state index contributed by atoms with van der Waals surface area (Å²) in [6.45, 7) is 3.97. The van der Waals surface area contributed by atoms with Gasteiger partial charge in [-0.1, -0.05) is 30.1 Å². The minimum atomic E-state index is 0.610. The molecule has 0 aliphatic rings. The van der Waals surface area contributed by atoms with Crippen LogP contribution in [0.2, 0.25) is 10.0 Å². The van der Waals surface area contributed by atoms with Crippen LogP contribution >= 0.6 is 23.2 Å². The number of anilines is 3. The fraction of sp³-hybridized carbons (Fsp3) is 0.286. The molecule has 0 atom stereocenters. The Morgan fingerprint density at radius 2 is 1.80 bits per heavy atom. The number of nitrogens with zero attached hydrogens (tertiary/aromatic N) is 2. The lowest BCUT2D eigenvalue weighted by atomic mass is 10.2. The van der Waals surface area contributed by atoms with Crippen molar-refractivity contribution in [2.75, 3.05) is 17.7 Å². The van der Waals surface area contributed by atoms with E-state index in [-0.39, 0.29) is 0 Å². The maximum atomic E-state index is 6.24. The van der Waals surface area contributed by atoms with E-state index in [9.17, 15) is 0 Å². The van der Waals surface area contributed by atoms with Gasteiger partial charge in [0.1, 0.15) is 18.0 Å². The first-order valence-corrected chi connectivity index (χ1v) is 7.06. The Labute approximate surface area is 128 Å². The van der Waals surface area contributed by atoms with Crippen LogP contribution in [-0.4, -0.2) is 17.0 Å². The summed E-state index contributed by atoms with van der Waals surface area (Å²) in [5.41, 5.74) is 2.68. The van der Waals surface area contributed by atoms with Crippen molar-refractivity contribution in [1.82, 2.24) is 9.97 Å². The van der Waals surface area contributed by atoms with Crippen molar-refractivity contribution in [3.05, 3.63) is 39.6 Å². The number of aromatic nitrogens is 2. The summed E-state index contributed by atoms with van der Waals surface area (Å²) in [4.78, 5) is 8.49. The van der Waals surface area contributed by atoms with Gasteiger partial charge in [0.15, 0.2) is 0 Å². The van der Waals surface area contributed by atoms with Crippen molar-refractivity contribution in [2.24, 2.45) is 0 Å². The maximum absolute atomic E-state index is 6.24. The van der Waals surface area contributed by atoms with Gasteiger partial charge in [0.2, 0.25) is 0 Å². The Morgan fingerprint density at radius 3 is 2.45 bits per heavy atom. The van der Waals surface area contributed by atoms with E-state index >= 15 is 0 Å². The molecule has 6 heteroatoms. The quantitative estimate of drug-likeness (QED) is 0.876. The highest BCUT2D eigenvalue weighted by molar-refractivity contribution is 6.35. The fourth-order valence-electron chi connectivity index (χ4n) is 1.94. The molecule has 106 valence electrons. The number of halogens is 2. The fourth-order valence-corrected chi connectivity index (χ4v) is 2.37. The van der Waals surface area contributed by atoms with Crippen molar-refractivity contribution in [3.63, 3.8) is 0 Å². The zero-order chi connectivity index (χ0) is 14.7. The van der Waals surface area contributed by atoms with Gasteiger partial charge in [-0.05, 0) is 31.0 Å². The van der Waals surface area contributed by atoms with Crippen molar-refractivity contribution < 1.29 is 0 Å². The van der Waals surface area contributed by atoms with Crippen LogP contribution in [0.4, 0.5) is 17.3 Å². The zero-order valence-electron chi connectivity index (χ0n) is 11.6. The third kappa shape index (κ3) is 2.97. The van der Waals surface area contributed by atoms with Crippen LogP contribution in [0.3, 0.4) is 0 Å². The molecule has 0 spiro atoms. The standard InChI is InChI=1S/C14H16Cl2N4/c1-4-9-13(17-3)18-7-19-14(9)20-12-6-10(15)8(2)5-11(12)16/h5-7H,4H2,1-3H3,(H2,17,18,19,20). The zero-order valence-corrected chi connectivity index (χ0v) is 13.1. The lowest BCUT2D eigenvalue weighted by Crippen LogP contribution is -2.05. The molecule has 2 rings (SSSR count). The number of nitrogens with one attached hydrogen (secondary N) is 2. The minimum Gasteiger partial charge on any atom is -0.373 e. The highest BCUT2D eigenvalue weighted by Gasteiger charge is 2.11. The molecule has 0 radical (unpaired) electrons. The normalized spacial score (nSPS) is 10.4. The van der Waals surface area contributed by atoms with Crippen LogP contribution in [0, 0.1) is 6.92 Å².